The summed E-state index contributed by atoms with van der Waals surface area (Å²) in [7, 11) is 2.81. The van der Waals surface area contributed by atoms with E-state index in [4.69, 9.17) is 9.47 Å². The van der Waals surface area contributed by atoms with E-state index in [0.717, 1.165) is 16.7 Å². The number of benzene rings is 1. The van der Waals surface area contributed by atoms with Crippen LogP contribution in [-0.2, 0) is 28.7 Å². The number of nitrogens with zero attached hydrogens (tertiary/aromatic N) is 1. The first-order chi connectivity index (χ1) is 19.8. The number of ketones is 2. The molecule has 230 valence electrons. The van der Waals surface area contributed by atoms with Crippen LogP contribution in [0.3, 0.4) is 0 Å². The molecule has 0 saturated heterocycles. The number of aromatic nitrogens is 1. The van der Waals surface area contributed by atoms with Crippen molar-refractivity contribution in [1.82, 2.24) is 15.6 Å². The van der Waals surface area contributed by atoms with Crippen LogP contribution >= 0.6 is 23.1 Å². The van der Waals surface area contributed by atoms with Gasteiger partial charge in [0.25, 0.3) is 5.91 Å². The van der Waals surface area contributed by atoms with Crippen molar-refractivity contribution >= 4 is 51.6 Å². The number of Topliss-reactive ketones (excluding diaryl/α,β-unsaturated/α-hetero) is 2. The highest BCUT2D eigenvalue weighted by molar-refractivity contribution is 8.13. The number of thiazole rings is 1. The summed E-state index contributed by atoms with van der Waals surface area (Å²) < 4.78 is 10.4. The summed E-state index contributed by atoms with van der Waals surface area (Å²) in [5.41, 5.74) is -1.39. The fraction of sp³-hybridized carbons (Fsp3) is 0.533. The van der Waals surface area contributed by atoms with Gasteiger partial charge in [-0.3, -0.25) is 24.0 Å². The summed E-state index contributed by atoms with van der Waals surface area (Å²) in [5, 5.41) is 5.83. The van der Waals surface area contributed by atoms with E-state index < -0.39 is 46.8 Å². The summed E-state index contributed by atoms with van der Waals surface area (Å²) in [4.78, 5) is 71.4. The average Bonchev–Trinajstić information content (AvgIpc) is 3.38. The quantitative estimate of drug-likeness (QED) is 0.199. The maximum Gasteiger partial charge on any atom is 0.263 e. The second-order valence-electron chi connectivity index (χ2n) is 10.9. The number of hydrogen-bond acceptors (Lipinski definition) is 10. The van der Waals surface area contributed by atoms with Crippen molar-refractivity contribution in [3.8, 4) is 0 Å². The van der Waals surface area contributed by atoms with Gasteiger partial charge in [-0.1, -0.05) is 43.8 Å². The first-order valence-corrected chi connectivity index (χ1v) is 15.3. The number of carbonyl (C=O) groups is 5. The van der Waals surface area contributed by atoms with Crippen molar-refractivity contribution in [1.29, 1.82) is 0 Å². The van der Waals surface area contributed by atoms with Crippen molar-refractivity contribution < 1.29 is 33.4 Å². The Morgan fingerprint density at radius 3 is 2.17 bits per heavy atom. The van der Waals surface area contributed by atoms with Gasteiger partial charge in [0.2, 0.25) is 11.0 Å². The molecule has 0 aliphatic carbocycles. The molecule has 3 atom stereocenters. The van der Waals surface area contributed by atoms with Crippen LogP contribution in [0.4, 0.5) is 0 Å². The van der Waals surface area contributed by atoms with Crippen LogP contribution in [0, 0.1) is 24.2 Å². The Bertz CT molecular complexity index is 1230. The SMILES string of the molecule is COC[C@H](CC(=O)[C@H](COC)NC(=O)c1cnc(C)s1)C(=O)N[C@@H](CC(C)C)C(=O)C(C)(C)C(=O)Sc1ccccc1. The van der Waals surface area contributed by atoms with E-state index in [1.54, 1.807) is 32.9 Å². The van der Waals surface area contributed by atoms with Crippen molar-refractivity contribution in [3.05, 3.63) is 46.4 Å². The number of rotatable bonds is 17. The summed E-state index contributed by atoms with van der Waals surface area (Å²) in [6.45, 7) is 8.54. The van der Waals surface area contributed by atoms with Gasteiger partial charge in [0.1, 0.15) is 10.9 Å². The van der Waals surface area contributed by atoms with Gasteiger partial charge in [0.05, 0.1) is 41.8 Å². The molecular formula is C30H41N3O7S2. The molecule has 1 heterocycles. The maximum atomic E-state index is 13.7. The average molecular weight is 620 g/mol. The predicted octanol–water partition coefficient (Wildman–Crippen LogP) is 3.86. The Balaban J connectivity index is 2.18. The lowest BCUT2D eigenvalue weighted by atomic mass is 9.82. The molecule has 1 aromatic heterocycles. The minimum absolute atomic E-state index is 0.0334. The molecule has 0 aliphatic heterocycles. The third-order valence-electron chi connectivity index (χ3n) is 6.48. The lowest BCUT2D eigenvalue weighted by Gasteiger charge is -2.29. The van der Waals surface area contributed by atoms with Crippen LogP contribution in [0.25, 0.3) is 0 Å². The fourth-order valence-electron chi connectivity index (χ4n) is 4.14. The maximum absolute atomic E-state index is 13.7. The number of ether oxygens (including phenoxy) is 2. The number of carbonyl (C=O) groups excluding carboxylic acids is 5. The van der Waals surface area contributed by atoms with Crippen LogP contribution in [0.1, 0.15) is 55.2 Å². The second kappa shape index (κ2) is 16.6. The topological polar surface area (TPSA) is 141 Å². The molecule has 2 N–H and O–H groups in total. The summed E-state index contributed by atoms with van der Waals surface area (Å²) in [6, 6.07) is 7.09. The molecule has 0 saturated carbocycles. The number of nitrogens with one attached hydrogen (secondary N) is 2. The molecule has 10 nitrogen and oxygen atoms in total. The van der Waals surface area contributed by atoms with Gasteiger partial charge in [-0.25, -0.2) is 4.98 Å². The Hall–Kier alpha value is -2.93. The van der Waals surface area contributed by atoms with E-state index in [-0.39, 0.29) is 30.7 Å². The van der Waals surface area contributed by atoms with Crippen molar-refractivity contribution in [2.45, 2.75) is 64.4 Å². The molecule has 2 amide bonds. The van der Waals surface area contributed by atoms with E-state index in [0.29, 0.717) is 16.3 Å². The molecule has 0 unspecified atom stereocenters. The Labute approximate surface area is 255 Å². The molecule has 0 spiro atoms. The Morgan fingerprint density at radius 2 is 1.62 bits per heavy atom. The standard InChI is InChI=1S/C30H41N3O7S2/c1-18(2)13-22(26(35)30(4,5)29(38)42-21-11-9-8-10-12-21)32-27(36)20(16-39-6)14-24(34)23(17-40-7)33-28(37)25-15-31-19(3)41-25/h8-12,15,18,20,22-23H,13-14,16-17H2,1-7H3,(H,32,36)(H,33,37)/t20-,22-,23-/m0/s1. The minimum Gasteiger partial charge on any atom is -0.384 e. The number of aryl methyl sites for hydroxylation is 1. The van der Waals surface area contributed by atoms with Gasteiger partial charge < -0.3 is 20.1 Å². The number of hydrogen-bond donors (Lipinski definition) is 2. The zero-order chi connectivity index (χ0) is 31.4. The van der Waals surface area contributed by atoms with Gasteiger partial charge in [0.15, 0.2) is 11.6 Å². The van der Waals surface area contributed by atoms with Gasteiger partial charge in [-0.05, 0) is 45.2 Å². The van der Waals surface area contributed by atoms with E-state index in [9.17, 15) is 24.0 Å². The van der Waals surface area contributed by atoms with E-state index in [1.807, 2.05) is 32.0 Å². The number of thioether (sulfide) groups is 1. The van der Waals surface area contributed by atoms with Gasteiger partial charge in [-0.2, -0.15) is 0 Å². The van der Waals surface area contributed by atoms with Crippen molar-refractivity contribution in [3.63, 3.8) is 0 Å². The van der Waals surface area contributed by atoms with Crippen LogP contribution in [0.2, 0.25) is 0 Å². The van der Waals surface area contributed by atoms with Gasteiger partial charge in [0, 0.05) is 25.5 Å². The molecule has 0 bridgehead atoms. The van der Waals surface area contributed by atoms with Crippen LogP contribution < -0.4 is 10.6 Å². The first kappa shape index (κ1) is 35.3. The van der Waals surface area contributed by atoms with E-state index in [1.165, 1.54) is 31.8 Å². The Kier molecular flexibility index (Phi) is 14.0. The monoisotopic (exact) mass is 619 g/mol. The first-order valence-electron chi connectivity index (χ1n) is 13.7. The van der Waals surface area contributed by atoms with Crippen LogP contribution in [0.15, 0.2) is 41.4 Å². The third-order valence-corrected chi connectivity index (χ3v) is 8.59. The van der Waals surface area contributed by atoms with Crippen LogP contribution in [0.5, 0.6) is 0 Å². The molecule has 12 heteroatoms. The molecule has 2 aromatic rings. The van der Waals surface area contributed by atoms with Gasteiger partial charge in [-0.15, -0.1) is 11.3 Å². The highest BCUT2D eigenvalue weighted by Crippen LogP contribution is 2.32. The highest BCUT2D eigenvalue weighted by atomic mass is 32.2. The highest BCUT2D eigenvalue weighted by Gasteiger charge is 2.42. The minimum atomic E-state index is -1.39. The zero-order valence-corrected chi connectivity index (χ0v) is 26.9. The van der Waals surface area contributed by atoms with E-state index in [2.05, 4.69) is 15.6 Å². The summed E-state index contributed by atoms with van der Waals surface area (Å²) >= 11 is 2.18. The number of amides is 2. The van der Waals surface area contributed by atoms with Gasteiger partial charge >= 0.3 is 0 Å². The van der Waals surface area contributed by atoms with Crippen molar-refractivity contribution in [2.24, 2.45) is 17.3 Å². The number of methoxy groups -OCH3 is 2. The third kappa shape index (κ3) is 10.4. The lowest BCUT2D eigenvalue weighted by molar-refractivity contribution is -0.140. The van der Waals surface area contributed by atoms with Crippen LogP contribution in [-0.4, -0.2) is 73.0 Å². The van der Waals surface area contributed by atoms with E-state index >= 15 is 0 Å². The normalized spacial score (nSPS) is 13.7. The fourth-order valence-corrected chi connectivity index (χ4v) is 5.69. The molecule has 2 rings (SSSR count). The molecule has 0 radical (unpaired) electrons. The molecule has 0 fully saturated rings. The summed E-state index contributed by atoms with van der Waals surface area (Å²) in [5.74, 6) is -2.76. The molecular weight excluding hydrogens is 578 g/mol. The molecule has 1 aromatic carbocycles. The largest absolute Gasteiger partial charge is 0.384 e. The predicted molar refractivity (Wildman–Crippen MR) is 162 cm³/mol. The molecule has 0 aliphatic rings. The van der Waals surface area contributed by atoms with Crippen molar-refractivity contribution in [2.75, 3.05) is 27.4 Å². The smallest absolute Gasteiger partial charge is 0.263 e. The zero-order valence-electron chi connectivity index (χ0n) is 25.2. The Morgan fingerprint density at radius 1 is 0.976 bits per heavy atom. The second-order valence-corrected chi connectivity index (χ2v) is 13.2. The summed E-state index contributed by atoms with van der Waals surface area (Å²) in [6.07, 6.45) is 1.48. The molecule has 42 heavy (non-hydrogen) atoms. The lowest BCUT2D eigenvalue weighted by Crippen LogP contribution is -2.52.